The van der Waals surface area contributed by atoms with E-state index in [0.29, 0.717) is 0 Å². The molecule has 19 heavy (non-hydrogen) atoms. The summed E-state index contributed by atoms with van der Waals surface area (Å²) in [7, 11) is 4.09. The number of nitrogens with one attached hydrogen (secondary N) is 1. The molecule has 0 atom stereocenters. The minimum Gasteiger partial charge on any atom is -0.359 e. The summed E-state index contributed by atoms with van der Waals surface area (Å²) in [5.41, 5.74) is 0. The molecular weight excluding hydrogens is 238 g/mol. The predicted octanol–water partition coefficient (Wildman–Crippen LogP) is 1.43. The lowest BCUT2D eigenvalue weighted by Crippen LogP contribution is -2.25. The van der Waals surface area contributed by atoms with Crippen LogP contribution in [0.2, 0.25) is 0 Å². The number of aromatic nitrogens is 2. The molecule has 0 aromatic carbocycles. The van der Waals surface area contributed by atoms with Crippen LogP contribution in [0.3, 0.4) is 0 Å². The van der Waals surface area contributed by atoms with Gasteiger partial charge >= 0.3 is 0 Å². The third-order valence-electron chi connectivity index (χ3n) is 3.55. The number of rotatable bonds is 6. The van der Waals surface area contributed by atoms with Crippen LogP contribution >= 0.6 is 0 Å². The minimum atomic E-state index is 0.861. The van der Waals surface area contributed by atoms with E-state index in [1.165, 1.54) is 12.8 Å². The first kappa shape index (κ1) is 14.1. The van der Waals surface area contributed by atoms with Gasteiger partial charge < -0.3 is 15.1 Å². The maximum atomic E-state index is 4.57. The summed E-state index contributed by atoms with van der Waals surface area (Å²) in [5, 5.41) is 3.17. The smallest absolute Gasteiger partial charge is 0.134 e. The predicted molar refractivity (Wildman–Crippen MR) is 80.0 cm³/mol. The number of hydrogen-bond acceptors (Lipinski definition) is 5. The van der Waals surface area contributed by atoms with Crippen LogP contribution in [0.1, 0.15) is 25.1 Å². The maximum Gasteiger partial charge on any atom is 0.134 e. The summed E-state index contributed by atoms with van der Waals surface area (Å²) in [6.07, 6.45) is 3.67. The lowest BCUT2D eigenvalue weighted by molar-refractivity contribution is 0.707. The molecular formula is C14H25N5. The second-order valence-corrected chi connectivity index (χ2v) is 5.20. The molecule has 0 amide bonds. The highest BCUT2D eigenvalue weighted by atomic mass is 15.2. The average Bonchev–Trinajstić information content (AvgIpc) is 2.92. The zero-order valence-electron chi connectivity index (χ0n) is 12.3. The van der Waals surface area contributed by atoms with Gasteiger partial charge in [-0.15, -0.1) is 0 Å². The molecule has 5 nitrogen and oxygen atoms in total. The van der Waals surface area contributed by atoms with E-state index in [1.54, 1.807) is 0 Å². The highest BCUT2D eigenvalue weighted by Crippen LogP contribution is 2.22. The van der Waals surface area contributed by atoms with Crippen LogP contribution in [0, 0.1) is 6.92 Å². The summed E-state index contributed by atoms with van der Waals surface area (Å²) in [6, 6.07) is 2.12. The second-order valence-electron chi connectivity index (χ2n) is 5.20. The first-order valence-electron chi connectivity index (χ1n) is 7.17. The van der Waals surface area contributed by atoms with Gasteiger partial charge in [-0.1, -0.05) is 0 Å². The molecule has 0 bridgehead atoms. The molecule has 2 heterocycles. The molecule has 1 N–H and O–H groups in total. The van der Waals surface area contributed by atoms with Gasteiger partial charge in [-0.05, 0) is 39.8 Å². The highest BCUT2D eigenvalue weighted by Gasteiger charge is 2.16. The molecule has 0 unspecified atom stereocenters. The van der Waals surface area contributed by atoms with Gasteiger partial charge in [0.2, 0.25) is 0 Å². The first-order valence-corrected chi connectivity index (χ1v) is 7.17. The largest absolute Gasteiger partial charge is 0.359 e. The Labute approximate surface area is 116 Å². The number of nitrogens with zero attached hydrogens (tertiary/aromatic N) is 4. The molecule has 1 aromatic heterocycles. The summed E-state index contributed by atoms with van der Waals surface area (Å²) in [6.45, 7) is 6.27. The fraction of sp³-hybridized carbons (Fsp3) is 0.714. The topological polar surface area (TPSA) is 44.3 Å². The van der Waals surface area contributed by atoms with Crippen molar-refractivity contribution >= 4 is 11.6 Å². The quantitative estimate of drug-likeness (QED) is 0.787. The van der Waals surface area contributed by atoms with Crippen molar-refractivity contribution in [3.8, 4) is 0 Å². The van der Waals surface area contributed by atoms with Gasteiger partial charge in [0.05, 0.1) is 0 Å². The molecule has 0 aliphatic carbocycles. The Balaban J connectivity index is 2.07. The highest BCUT2D eigenvalue weighted by molar-refractivity contribution is 5.51. The van der Waals surface area contributed by atoms with E-state index in [4.69, 9.17) is 0 Å². The van der Waals surface area contributed by atoms with Crippen LogP contribution in [0.25, 0.3) is 0 Å². The molecule has 106 valence electrons. The zero-order chi connectivity index (χ0) is 13.7. The fourth-order valence-electron chi connectivity index (χ4n) is 2.45. The Hall–Kier alpha value is -1.36. The maximum absolute atomic E-state index is 4.57. The van der Waals surface area contributed by atoms with E-state index in [-0.39, 0.29) is 0 Å². The SMILES string of the molecule is CNCCCN(C)c1cc(N2CCCC2)nc(C)n1. The first-order chi connectivity index (χ1) is 9.20. The number of aryl methyl sites for hydroxylation is 1. The van der Waals surface area contributed by atoms with E-state index < -0.39 is 0 Å². The Bertz CT molecular complexity index is 401. The van der Waals surface area contributed by atoms with E-state index in [9.17, 15) is 0 Å². The van der Waals surface area contributed by atoms with Crippen LogP contribution in [0.4, 0.5) is 11.6 Å². The van der Waals surface area contributed by atoms with Gasteiger partial charge in [0.1, 0.15) is 17.5 Å². The molecule has 0 spiro atoms. The zero-order valence-corrected chi connectivity index (χ0v) is 12.3. The van der Waals surface area contributed by atoms with Gasteiger partial charge in [0.25, 0.3) is 0 Å². The third-order valence-corrected chi connectivity index (χ3v) is 3.55. The van der Waals surface area contributed by atoms with Crippen LogP contribution < -0.4 is 15.1 Å². The molecule has 0 radical (unpaired) electrons. The fourth-order valence-corrected chi connectivity index (χ4v) is 2.45. The Morgan fingerprint density at radius 3 is 2.74 bits per heavy atom. The van der Waals surface area contributed by atoms with Crippen molar-refractivity contribution in [1.29, 1.82) is 0 Å². The van der Waals surface area contributed by atoms with Crippen molar-refractivity contribution in [2.45, 2.75) is 26.2 Å². The third kappa shape index (κ3) is 3.80. The molecule has 0 saturated carbocycles. The summed E-state index contributed by atoms with van der Waals surface area (Å²) in [4.78, 5) is 13.7. The van der Waals surface area contributed by atoms with Crippen molar-refractivity contribution in [3.05, 3.63) is 11.9 Å². The lowest BCUT2D eigenvalue weighted by Gasteiger charge is -2.22. The number of anilines is 2. The number of hydrogen-bond donors (Lipinski definition) is 1. The molecule has 1 saturated heterocycles. The Morgan fingerprint density at radius 1 is 1.32 bits per heavy atom. The molecule has 1 fully saturated rings. The minimum absolute atomic E-state index is 0.861. The van der Waals surface area contributed by atoms with Crippen LogP contribution in [-0.4, -0.2) is 50.2 Å². The standard InChI is InChI=1S/C14H25N5/c1-12-16-13(18(3)8-6-7-15-2)11-14(17-12)19-9-4-5-10-19/h11,15H,4-10H2,1-3H3. The van der Waals surface area contributed by atoms with Crippen molar-refractivity contribution in [1.82, 2.24) is 15.3 Å². The van der Waals surface area contributed by atoms with Gasteiger partial charge in [0, 0.05) is 32.7 Å². The van der Waals surface area contributed by atoms with Gasteiger partial charge in [-0.3, -0.25) is 0 Å². The van der Waals surface area contributed by atoms with E-state index in [0.717, 1.165) is 50.1 Å². The van der Waals surface area contributed by atoms with E-state index >= 15 is 0 Å². The molecule has 1 aromatic rings. The second kappa shape index (κ2) is 6.70. The summed E-state index contributed by atoms with van der Waals surface area (Å²) < 4.78 is 0. The van der Waals surface area contributed by atoms with Gasteiger partial charge in [-0.2, -0.15) is 0 Å². The van der Waals surface area contributed by atoms with E-state index in [1.807, 2.05) is 14.0 Å². The molecule has 5 heteroatoms. The van der Waals surface area contributed by atoms with Crippen LogP contribution in [0.5, 0.6) is 0 Å². The van der Waals surface area contributed by atoms with E-state index in [2.05, 4.69) is 38.2 Å². The molecule has 2 rings (SSSR count). The van der Waals surface area contributed by atoms with Crippen molar-refractivity contribution < 1.29 is 0 Å². The Kier molecular flexibility index (Phi) is 4.96. The monoisotopic (exact) mass is 263 g/mol. The van der Waals surface area contributed by atoms with Crippen molar-refractivity contribution in [2.24, 2.45) is 0 Å². The van der Waals surface area contributed by atoms with Gasteiger partial charge in [-0.25, -0.2) is 9.97 Å². The van der Waals surface area contributed by atoms with Crippen LogP contribution in [-0.2, 0) is 0 Å². The molecule has 1 aliphatic rings. The summed E-state index contributed by atoms with van der Waals surface area (Å²) >= 11 is 0. The normalized spacial score (nSPS) is 15.0. The van der Waals surface area contributed by atoms with Crippen molar-refractivity contribution in [3.63, 3.8) is 0 Å². The van der Waals surface area contributed by atoms with Crippen molar-refractivity contribution in [2.75, 3.05) is 50.1 Å². The summed E-state index contributed by atoms with van der Waals surface area (Å²) in [5.74, 6) is 2.98. The average molecular weight is 263 g/mol. The lowest BCUT2D eigenvalue weighted by atomic mass is 10.3. The van der Waals surface area contributed by atoms with Crippen LogP contribution in [0.15, 0.2) is 6.07 Å². The van der Waals surface area contributed by atoms with Gasteiger partial charge in [0.15, 0.2) is 0 Å². The Morgan fingerprint density at radius 2 is 2.05 bits per heavy atom. The molecule has 1 aliphatic heterocycles.